The summed E-state index contributed by atoms with van der Waals surface area (Å²) in [6.45, 7) is 10.4. The molecule has 0 bridgehead atoms. The van der Waals surface area contributed by atoms with E-state index in [1.165, 1.54) is 70.6 Å². The van der Waals surface area contributed by atoms with Crippen LogP contribution in [0.5, 0.6) is 0 Å². The molecule has 0 saturated carbocycles. The second-order valence-electron chi connectivity index (χ2n) is 6.75. The van der Waals surface area contributed by atoms with E-state index in [9.17, 15) is 4.79 Å². The largest absolute Gasteiger partial charge is 0.462 e. The molecule has 1 unspecified atom stereocenters. The van der Waals surface area contributed by atoms with Crippen LogP contribution in [0.15, 0.2) is 12.2 Å². The van der Waals surface area contributed by atoms with Gasteiger partial charge in [0.1, 0.15) is 0 Å². The number of unbranched alkanes of at least 4 members (excludes halogenated alkanes) is 9. The van der Waals surface area contributed by atoms with Crippen molar-refractivity contribution in [1.29, 1.82) is 0 Å². The van der Waals surface area contributed by atoms with Crippen molar-refractivity contribution in [1.82, 2.24) is 0 Å². The highest BCUT2D eigenvalue weighted by Crippen LogP contribution is 2.15. The van der Waals surface area contributed by atoms with Crippen molar-refractivity contribution in [2.45, 2.75) is 97.8 Å². The lowest BCUT2D eigenvalue weighted by atomic mass is 9.99. The van der Waals surface area contributed by atoms with E-state index in [-0.39, 0.29) is 5.97 Å². The maximum atomic E-state index is 11.2. The first-order valence-corrected chi connectivity index (χ1v) is 9.40. The third-order valence-electron chi connectivity index (χ3n) is 4.37. The maximum absolute atomic E-state index is 11.2. The van der Waals surface area contributed by atoms with E-state index >= 15 is 0 Å². The van der Waals surface area contributed by atoms with Crippen LogP contribution in [-0.4, -0.2) is 12.6 Å². The molecule has 130 valence electrons. The van der Waals surface area contributed by atoms with Crippen LogP contribution in [0.2, 0.25) is 0 Å². The van der Waals surface area contributed by atoms with Gasteiger partial charge in [-0.2, -0.15) is 0 Å². The second-order valence-corrected chi connectivity index (χ2v) is 6.75. The van der Waals surface area contributed by atoms with E-state index in [0.29, 0.717) is 12.2 Å². The van der Waals surface area contributed by atoms with Crippen LogP contribution in [0.3, 0.4) is 0 Å². The molecule has 0 fully saturated rings. The fourth-order valence-corrected chi connectivity index (χ4v) is 2.50. The van der Waals surface area contributed by atoms with Gasteiger partial charge in [0, 0.05) is 5.57 Å². The minimum Gasteiger partial charge on any atom is -0.462 e. The summed E-state index contributed by atoms with van der Waals surface area (Å²) >= 11 is 0. The second kappa shape index (κ2) is 15.1. The zero-order valence-electron chi connectivity index (χ0n) is 15.3. The number of hydrogen-bond donors (Lipinski definition) is 0. The number of carbonyl (C=O) groups excluding carboxylic acids is 1. The Balaban J connectivity index is 3.12. The van der Waals surface area contributed by atoms with Gasteiger partial charge in [-0.1, -0.05) is 91.1 Å². The number of esters is 1. The van der Waals surface area contributed by atoms with Crippen molar-refractivity contribution in [3.8, 4) is 0 Å². The minimum atomic E-state index is -0.256. The van der Waals surface area contributed by atoms with Gasteiger partial charge < -0.3 is 4.74 Å². The molecule has 0 heterocycles. The van der Waals surface area contributed by atoms with Gasteiger partial charge in [0.2, 0.25) is 0 Å². The third kappa shape index (κ3) is 14.2. The summed E-state index contributed by atoms with van der Waals surface area (Å²) in [4.78, 5) is 11.2. The Morgan fingerprint density at radius 1 is 0.909 bits per heavy atom. The fraction of sp³-hybridized carbons (Fsp3) is 0.850. The van der Waals surface area contributed by atoms with Crippen molar-refractivity contribution in [3.63, 3.8) is 0 Å². The van der Waals surface area contributed by atoms with Crippen molar-refractivity contribution in [2.75, 3.05) is 6.61 Å². The molecule has 0 aromatic rings. The van der Waals surface area contributed by atoms with E-state index in [1.54, 1.807) is 6.92 Å². The molecule has 2 nitrogen and oxygen atoms in total. The van der Waals surface area contributed by atoms with E-state index in [2.05, 4.69) is 20.4 Å². The molecule has 0 radical (unpaired) electrons. The molecule has 0 spiro atoms. The number of ether oxygens (including phenoxy) is 1. The Bertz CT molecular complexity index is 283. The molecule has 0 aliphatic carbocycles. The number of rotatable bonds is 15. The van der Waals surface area contributed by atoms with Gasteiger partial charge in [-0.15, -0.1) is 0 Å². The maximum Gasteiger partial charge on any atom is 0.333 e. The summed E-state index contributed by atoms with van der Waals surface area (Å²) in [5.41, 5.74) is 0.490. The summed E-state index contributed by atoms with van der Waals surface area (Å²) in [5, 5.41) is 0. The smallest absolute Gasteiger partial charge is 0.333 e. The van der Waals surface area contributed by atoms with Crippen molar-refractivity contribution >= 4 is 5.97 Å². The van der Waals surface area contributed by atoms with Gasteiger partial charge in [-0.25, -0.2) is 4.79 Å². The first-order valence-electron chi connectivity index (χ1n) is 9.40. The fourth-order valence-electron chi connectivity index (χ4n) is 2.50. The summed E-state index contributed by atoms with van der Waals surface area (Å²) < 4.78 is 5.07. The van der Waals surface area contributed by atoms with Crippen LogP contribution >= 0.6 is 0 Å². The molecule has 1 atom stereocenters. The summed E-state index contributed by atoms with van der Waals surface area (Å²) in [5.74, 6) is 0.656. The summed E-state index contributed by atoms with van der Waals surface area (Å²) in [6, 6.07) is 0. The van der Waals surface area contributed by atoms with Crippen LogP contribution in [-0.2, 0) is 9.53 Å². The lowest BCUT2D eigenvalue weighted by Gasteiger charge is -2.07. The highest BCUT2D eigenvalue weighted by molar-refractivity contribution is 5.86. The Labute approximate surface area is 138 Å². The minimum absolute atomic E-state index is 0.256. The topological polar surface area (TPSA) is 26.3 Å². The quantitative estimate of drug-likeness (QED) is 0.197. The lowest BCUT2D eigenvalue weighted by molar-refractivity contribution is -0.139. The number of hydrogen-bond acceptors (Lipinski definition) is 2. The zero-order chi connectivity index (χ0) is 16.6. The van der Waals surface area contributed by atoms with Gasteiger partial charge in [-0.3, -0.25) is 0 Å². The Hall–Kier alpha value is -0.790. The molecular formula is C20H38O2. The highest BCUT2D eigenvalue weighted by atomic mass is 16.5. The van der Waals surface area contributed by atoms with E-state index in [1.807, 2.05) is 0 Å². The first-order chi connectivity index (χ1) is 10.6. The molecule has 2 heteroatoms. The van der Waals surface area contributed by atoms with Crippen LogP contribution < -0.4 is 0 Å². The van der Waals surface area contributed by atoms with Crippen LogP contribution in [0.25, 0.3) is 0 Å². The van der Waals surface area contributed by atoms with Gasteiger partial charge in [0.05, 0.1) is 6.61 Å². The van der Waals surface area contributed by atoms with E-state index in [0.717, 1.165) is 12.3 Å². The molecule has 22 heavy (non-hydrogen) atoms. The Morgan fingerprint density at radius 3 is 1.82 bits per heavy atom. The molecule has 0 aromatic carbocycles. The van der Waals surface area contributed by atoms with Crippen molar-refractivity contribution < 1.29 is 9.53 Å². The van der Waals surface area contributed by atoms with Crippen molar-refractivity contribution in [2.24, 2.45) is 5.92 Å². The summed E-state index contributed by atoms with van der Waals surface area (Å²) in [6.07, 6.45) is 15.8. The third-order valence-corrected chi connectivity index (χ3v) is 4.37. The van der Waals surface area contributed by atoms with Gasteiger partial charge >= 0.3 is 5.97 Å². The van der Waals surface area contributed by atoms with Gasteiger partial charge in [0.25, 0.3) is 0 Å². The van der Waals surface area contributed by atoms with Crippen molar-refractivity contribution in [3.05, 3.63) is 12.2 Å². The number of carbonyl (C=O) groups is 1. The summed E-state index contributed by atoms with van der Waals surface area (Å²) in [7, 11) is 0. The molecule has 0 aliphatic heterocycles. The Kier molecular flexibility index (Phi) is 14.6. The molecule has 0 aromatic heterocycles. The monoisotopic (exact) mass is 310 g/mol. The molecule has 0 rings (SSSR count). The zero-order valence-corrected chi connectivity index (χ0v) is 15.3. The molecule has 0 saturated heterocycles. The predicted octanol–water partition coefficient (Wildman–Crippen LogP) is 6.44. The van der Waals surface area contributed by atoms with E-state index < -0.39 is 0 Å². The lowest BCUT2D eigenvalue weighted by Crippen LogP contribution is -2.05. The molecule has 0 amide bonds. The van der Waals surface area contributed by atoms with Crippen LogP contribution in [0, 0.1) is 5.92 Å². The average molecular weight is 311 g/mol. The molecular weight excluding hydrogens is 272 g/mol. The van der Waals surface area contributed by atoms with Gasteiger partial charge in [-0.05, 0) is 19.3 Å². The molecule has 0 aliphatic rings. The van der Waals surface area contributed by atoms with Crippen LogP contribution in [0.4, 0.5) is 0 Å². The van der Waals surface area contributed by atoms with Gasteiger partial charge in [0.15, 0.2) is 0 Å². The molecule has 0 N–H and O–H groups in total. The SMILES string of the molecule is C=C(C)C(=O)OCCCCCCCCCCCCC(C)CC. The Morgan fingerprint density at radius 2 is 1.36 bits per heavy atom. The van der Waals surface area contributed by atoms with Crippen LogP contribution in [0.1, 0.15) is 97.8 Å². The average Bonchev–Trinajstić information content (AvgIpc) is 2.51. The normalized spacial score (nSPS) is 12.1. The first kappa shape index (κ1) is 21.2. The highest BCUT2D eigenvalue weighted by Gasteiger charge is 2.01. The standard InChI is InChI=1S/C20H38O2/c1-5-19(4)16-14-12-10-8-6-7-9-11-13-15-17-22-20(21)18(2)3/h19H,2,5-17H2,1,3-4H3. The predicted molar refractivity (Wildman–Crippen MR) is 96.0 cm³/mol. The van der Waals surface area contributed by atoms with E-state index in [4.69, 9.17) is 4.74 Å².